The topological polar surface area (TPSA) is 118 Å². The van der Waals surface area contributed by atoms with Crippen molar-refractivity contribution in [3.63, 3.8) is 0 Å². The highest BCUT2D eigenvalue weighted by molar-refractivity contribution is 5.83. The van der Waals surface area contributed by atoms with E-state index in [1.807, 2.05) is 63.2 Å². The number of rotatable bonds is 10. The monoisotopic (exact) mass is 674 g/mol. The maximum atomic E-state index is 12.3. The van der Waals surface area contributed by atoms with Crippen LogP contribution in [-0.2, 0) is 14.3 Å². The third-order valence-corrected chi connectivity index (χ3v) is 9.47. The number of ketones is 1. The molecule has 2 fully saturated rings. The van der Waals surface area contributed by atoms with Gasteiger partial charge in [0.1, 0.15) is 11.5 Å². The van der Waals surface area contributed by atoms with E-state index >= 15 is 0 Å². The summed E-state index contributed by atoms with van der Waals surface area (Å²) < 4.78 is 6.90. The van der Waals surface area contributed by atoms with Gasteiger partial charge >= 0.3 is 5.69 Å². The zero-order valence-electron chi connectivity index (χ0n) is 30.4. The smallest absolute Gasteiger partial charge is 0.343 e. The molecule has 9 nitrogen and oxygen atoms in total. The SMILES string of the molecule is C=CCC(CCC)C1CCOCC1.CC(=O)CCC(=O)N1CCCC(n2nc(-c3ccccc3)[nH]c2=O)CC1.Cc1cc(C)c(O)c(C)c1. The van der Waals surface area contributed by atoms with Crippen LogP contribution in [0.5, 0.6) is 5.75 Å². The van der Waals surface area contributed by atoms with Crippen LogP contribution in [0.4, 0.5) is 0 Å². The van der Waals surface area contributed by atoms with E-state index in [0.717, 1.165) is 54.6 Å². The molecule has 2 N–H and O–H groups in total. The highest BCUT2D eigenvalue weighted by Crippen LogP contribution is 2.30. The first-order valence-corrected chi connectivity index (χ1v) is 18.0. The molecule has 268 valence electrons. The number of nitrogens with zero attached hydrogens (tertiary/aromatic N) is 3. The zero-order chi connectivity index (χ0) is 35.8. The van der Waals surface area contributed by atoms with E-state index in [-0.39, 0.29) is 36.3 Å². The number of benzene rings is 2. The summed E-state index contributed by atoms with van der Waals surface area (Å²) in [5.41, 5.74) is 3.77. The van der Waals surface area contributed by atoms with Crippen LogP contribution in [0.15, 0.2) is 59.9 Å². The molecule has 3 aromatic rings. The van der Waals surface area contributed by atoms with Crippen LogP contribution < -0.4 is 5.69 Å². The quantitative estimate of drug-likeness (QED) is 0.211. The molecule has 2 unspecified atom stereocenters. The minimum Gasteiger partial charge on any atom is -0.507 e. The molecule has 0 bridgehead atoms. The van der Waals surface area contributed by atoms with Crippen molar-refractivity contribution >= 4 is 11.7 Å². The number of hydrogen-bond donors (Lipinski definition) is 2. The van der Waals surface area contributed by atoms with Gasteiger partial charge in [0, 0.05) is 44.7 Å². The summed E-state index contributed by atoms with van der Waals surface area (Å²) in [7, 11) is 0. The number of aromatic nitrogens is 3. The number of aryl methyl sites for hydroxylation is 3. The van der Waals surface area contributed by atoms with Crippen LogP contribution in [0.2, 0.25) is 0 Å². The molecule has 2 aliphatic heterocycles. The molecular formula is C40H58N4O5. The molecule has 2 aliphatic rings. The number of likely N-dealkylation sites (tertiary alicyclic amines) is 1. The van der Waals surface area contributed by atoms with E-state index < -0.39 is 0 Å². The second kappa shape index (κ2) is 20.5. The van der Waals surface area contributed by atoms with Gasteiger partial charge in [-0.25, -0.2) is 9.48 Å². The third kappa shape index (κ3) is 12.8. The predicted octanol–water partition coefficient (Wildman–Crippen LogP) is 7.88. The van der Waals surface area contributed by atoms with Gasteiger partial charge in [0.05, 0.1) is 6.04 Å². The first-order chi connectivity index (χ1) is 23.5. The van der Waals surface area contributed by atoms with Crippen LogP contribution in [0, 0.1) is 32.6 Å². The Balaban J connectivity index is 0.000000234. The summed E-state index contributed by atoms with van der Waals surface area (Å²) in [6, 6.07) is 13.5. The average molecular weight is 675 g/mol. The summed E-state index contributed by atoms with van der Waals surface area (Å²) >= 11 is 0. The second-order valence-corrected chi connectivity index (χ2v) is 13.5. The Bertz CT molecular complexity index is 1500. The number of carbonyl (C=O) groups is 2. The molecule has 0 saturated carbocycles. The normalized spacial score (nSPS) is 17.1. The van der Waals surface area contributed by atoms with Crippen LogP contribution in [-0.4, -0.2) is 62.8 Å². The van der Waals surface area contributed by atoms with Crippen LogP contribution in [0.1, 0.15) is 101 Å². The van der Waals surface area contributed by atoms with Gasteiger partial charge in [0.25, 0.3) is 0 Å². The number of Topliss-reactive ketones (excluding diaryl/α,β-unsaturated/α-hetero) is 1. The van der Waals surface area contributed by atoms with E-state index in [9.17, 15) is 19.5 Å². The van der Waals surface area contributed by atoms with Crippen molar-refractivity contribution in [2.24, 2.45) is 11.8 Å². The Morgan fingerprint density at radius 3 is 2.33 bits per heavy atom. The first-order valence-electron chi connectivity index (χ1n) is 18.0. The van der Waals surface area contributed by atoms with Gasteiger partial charge in [-0.3, -0.25) is 9.78 Å². The molecule has 3 heterocycles. The first kappa shape index (κ1) is 39.5. The Kier molecular flexibility index (Phi) is 16.5. The molecule has 9 heteroatoms. The molecular weight excluding hydrogens is 616 g/mol. The van der Waals surface area contributed by atoms with E-state index in [1.54, 1.807) is 4.90 Å². The average Bonchev–Trinajstić information content (AvgIpc) is 3.31. The third-order valence-electron chi connectivity index (χ3n) is 9.47. The molecule has 2 atom stereocenters. The lowest BCUT2D eigenvalue weighted by atomic mass is 9.81. The van der Waals surface area contributed by atoms with Crippen molar-refractivity contribution < 1.29 is 19.4 Å². The molecule has 0 aliphatic carbocycles. The maximum Gasteiger partial charge on any atom is 0.343 e. The fraction of sp³-hybridized carbons (Fsp3) is 0.550. The fourth-order valence-corrected chi connectivity index (χ4v) is 6.81. The Morgan fingerprint density at radius 2 is 1.71 bits per heavy atom. The van der Waals surface area contributed by atoms with E-state index in [2.05, 4.69) is 29.7 Å². The minimum absolute atomic E-state index is 0.0141. The van der Waals surface area contributed by atoms with Crippen molar-refractivity contribution in [2.75, 3.05) is 26.3 Å². The number of H-pyrrole nitrogens is 1. The lowest BCUT2D eigenvalue weighted by Crippen LogP contribution is -2.32. The van der Waals surface area contributed by atoms with Gasteiger partial charge in [0.2, 0.25) is 5.91 Å². The van der Waals surface area contributed by atoms with E-state index in [0.29, 0.717) is 31.1 Å². The summed E-state index contributed by atoms with van der Waals surface area (Å²) in [6.45, 7) is 16.7. The van der Waals surface area contributed by atoms with Crippen molar-refractivity contribution in [3.05, 3.63) is 82.3 Å². The Morgan fingerprint density at radius 1 is 1.04 bits per heavy atom. The second-order valence-electron chi connectivity index (χ2n) is 13.5. The number of allylic oxidation sites excluding steroid dienone is 1. The summed E-state index contributed by atoms with van der Waals surface area (Å²) in [6.07, 6.45) is 11.3. The van der Waals surface area contributed by atoms with Crippen molar-refractivity contribution in [1.82, 2.24) is 19.7 Å². The summed E-state index contributed by atoms with van der Waals surface area (Å²) in [4.78, 5) is 40.3. The number of amides is 1. The van der Waals surface area contributed by atoms with E-state index in [4.69, 9.17) is 4.74 Å². The standard InChI is InChI=1S/C19H24N4O3.C12H22O.C9H12O/c1-14(24)9-10-17(25)22-12-5-8-16(11-13-22)23-19(26)20-18(21-23)15-6-3-2-4-7-15;1-3-5-11(6-4-2)12-7-9-13-10-8-12;1-6-4-7(2)9(10)8(3)5-6/h2-4,6-7,16H,5,8-13H2,1H3,(H,20,21,26);3,11-12H,1,4-10H2,2H3;4-5,10H,1-3H3. The molecule has 0 radical (unpaired) electrons. The van der Waals surface area contributed by atoms with Gasteiger partial charge in [0.15, 0.2) is 5.82 Å². The fourth-order valence-electron chi connectivity index (χ4n) is 6.81. The van der Waals surface area contributed by atoms with Crippen molar-refractivity contribution in [3.8, 4) is 17.1 Å². The molecule has 1 aromatic heterocycles. The van der Waals surface area contributed by atoms with Gasteiger partial charge < -0.3 is 19.5 Å². The van der Waals surface area contributed by atoms with Gasteiger partial charge in [-0.05, 0) is 89.2 Å². The number of ether oxygens (including phenoxy) is 1. The number of aromatic amines is 1. The zero-order valence-corrected chi connectivity index (χ0v) is 30.4. The highest BCUT2D eigenvalue weighted by atomic mass is 16.5. The molecule has 2 saturated heterocycles. The molecule has 49 heavy (non-hydrogen) atoms. The Labute approximate surface area is 292 Å². The summed E-state index contributed by atoms with van der Waals surface area (Å²) in [5.74, 6) is 2.79. The number of hydrogen-bond acceptors (Lipinski definition) is 6. The van der Waals surface area contributed by atoms with Gasteiger partial charge in [-0.1, -0.05) is 73.9 Å². The lowest BCUT2D eigenvalue weighted by Gasteiger charge is -2.29. The number of phenolic OH excluding ortho intramolecular Hbond substituents is 1. The molecule has 1 amide bonds. The summed E-state index contributed by atoms with van der Waals surface area (Å²) in [5, 5.41) is 13.8. The largest absolute Gasteiger partial charge is 0.507 e. The number of nitrogens with one attached hydrogen (secondary N) is 1. The van der Waals surface area contributed by atoms with Crippen LogP contribution in [0.25, 0.3) is 11.4 Å². The number of aromatic hydroxyl groups is 1. The number of carbonyl (C=O) groups excluding carboxylic acids is 2. The number of phenols is 1. The molecule has 5 rings (SSSR count). The predicted molar refractivity (Wildman–Crippen MR) is 197 cm³/mol. The Hall–Kier alpha value is -3.98. The minimum atomic E-state index is -0.217. The molecule has 0 spiro atoms. The lowest BCUT2D eigenvalue weighted by molar-refractivity contribution is -0.132. The maximum absolute atomic E-state index is 12.3. The van der Waals surface area contributed by atoms with Crippen molar-refractivity contribution in [2.45, 2.75) is 105 Å². The molecule has 2 aromatic carbocycles. The van der Waals surface area contributed by atoms with Gasteiger partial charge in [-0.2, -0.15) is 0 Å². The van der Waals surface area contributed by atoms with E-state index in [1.165, 1.54) is 49.3 Å². The van der Waals surface area contributed by atoms with Crippen molar-refractivity contribution in [1.29, 1.82) is 0 Å². The van der Waals surface area contributed by atoms with Gasteiger partial charge in [-0.15, -0.1) is 11.7 Å². The van der Waals surface area contributed by atoms with Crippen LogP contribution >= 0.6 is 0 Å². The van der Waals surface area contributed by atoms with Crippen LogP contribution in [0.3, 0.4) is 0 Å². The highest BCUT2D eigenvalue weighted by Gasteiger charge is 2.24.